The molecule has 0 aliphatic carbocycles. The van der Waals surface area contributed by atoms with E-state index in [4.69, 9.17) is 5.73 Å². The molecule has 0 radical (unpaired) electrons. The molecular formula is C22H28N4O4S2. The van der Waals surface area contributed by atoms with Crippen LogP contribution in [0.3, 0.4) is 0 Å². The number of fused-ring (bicyclic) bond motifs is 1. The highest BCUT2D eigenvalue weighted by atomic mass is 32.2. The summed E-state index contributed by atoms with van der Waals surface area (Å²) in [5, 5.41) is 3.26. The predicted molar refractivity (Wildman–Crippen MR) is 124 cm³/mol. The lowest BCUT2D eigenvalue weighted by Gasteiger charge is -2.25. The van der Waals surface area contributed by atoms with E-state index in [2.05, 4.69) is 17.1 Å². The van der Waals surface area contributed by atoms with Crippen molar-refractivity contribution in [1.29, 1.82) is 0 Å². The first-order valence-corrected chi connectivity index (χ1v) is 13.0. The highest BCUT2D eigenvalue weighted by molar-refractivity contribution is 7.89. The van der Waals surface area contributed by atoms with Gasteiger partial charge in [-0.3, -0.25) is 14.5 Å². The number of amides is 2. The van der Waals surface area contributed by atoms with Crippen LogP contribution in [0.25, 0.3) is 0 Å². The lowest BCUT2D eigenvalue weighted by molar-refractivity contribution is -0.119. The first-order chi connectivity index (χ1) is 15.2. The van der Waals surface area contributed by atoms with Gasteiger partial charge in [-0.05, 0) is 50.4 Å². The molecule has 2 amide bonds. The maximum absolute atomic E-state index is 13.2. The number of hydrogen-bond donors (Lipinski definition) is 2. The van der Waals surface area contributed by atoms with Crippen molar-refractivity contribution >= 4 is 38.2 Å². The molecule has 3 heterocycles. The molecule has 1 aromatic heterocycles. The van der Waals surface area contributed by atoms with E-state index < -0.39 is 27.9 Å². The number of sulfonamides is 1. The molecule has 2 aromatic rings. The van der Waals surface area contributed by atoms with Gasteiger partial charge in [0.15, 0.2) is 0 Å². The molecule has 2 aliphatic heterocycles. The van der Waals surface area contributed by atoms with Gasteiger partial charge in [-0.25, -0.2) is 8.42 Å². The largest absolute Gasteiger partial charge is 0.365 e. The Labute approximate surface area is 192 Å². The Morgan fingerprint density at radius 3 is 2.59 bits per heavy atom. The van der Waals surface area contributed by atoms with E-state index in [0.717, 1.165) is 29.1 Å². The highest BCUT2D eigenvalue weighted by Gasteiger charge is 2.40. The van der Waals surface area contributed by atoms with E-state index in [1.807, 2.05) is 6.92 Å². The van der Waals surface area contributed by atoms with E-state index in [1.54, 1.807) is 24.3 Å². The normalized spacial score (nSPS) is 19.6. The van der Waals surface area contributed by atoms with Crippen LogP contribution in [0.15, 0.2) is 29.2 Å². The van der Waals surface area contributed by atoms with E-state index in [-0.39, 0.29) is 11.4 Å². The first kappa shape index (κ1) is 22.9. The second-order valence-corrected chi connectivity index (χ2v) is 11.3. The molecule has 0 bridgehead atoms. The number of rotatable bonds is 6. The zero-order valence-electron chi connectivity index (χ0n) is 18.3. The van der Waals surface area contributed by atoms with Crippen LogP contribution >= 0.6 is 11.3 Å². The van der Waals surface area contributed by atoms with Crippen molar-refractivity contribution in [1.82, 2.24) is 9.21 Å². The molecular weight excluding hydrogens is 448 g/mol. The van der Waals surface area contributed by atoms with Crippen LogP contribution in [-0.4, -0.2) is 55.1 Å². The average molecular weight is 477 g/mol. The maximum Gasteiger partial charge on any atom is 0.251 e. The number of primary amides is 1. The Bertz CT molecular complexity index is 1140. The number of thiophene rings is 1. The average Bonchev–Trinajstić information content (AvgIpc) is 3.38. The molecule has 10 heteroatoms. The molecule has 0 saturated carbocycles. The van der Waals surface area contributed by atoms with Crippen molar-refractivity contribution in [3.8, 4) is 0 Å². The number of likely N-dealkylation sites (N-methyl/N-ethyl adjacent to an activating group) is 1. The number of carbonyl (C=O) groups is 2. The SMILES string of the molecule is CCN1CCc2c(sc(NC(=O)C3CCCN3S(=O)(=O)c3ccc(C)cc3)c2C(N)=O)C1. The number of carbonyl (C=O) groups excluding carboxylic acids is 2. The quantitative estimate of drug-likeness (QED) is 0.664. The summed E-state index contributed by atoms with van der Waals surface area (Å²) in [5.41, 5.74) is 7.88. The molecule has 4 rings (SSSR count). The standard InChI is InChI=1S/C22H28N4O4S2/c1-3-25-12-10-16-18(13-25)31-22(19(16)20(23)27)24-21(28)17-5-4-11-26(17)32(29,30)15-8-6-14(2)7-9-15/h6-9,17H,3-5,10-13H2,1-2H3,(H2,23,27)(H,24,28). The second-order valence-electron chi connectivity index (χ2n) is 8.27. The molecule has 0 spiro atoms. The van der Waals surface area contributed by atoms with Crippen molar-refractivity contribution in [3.63, 3.8) is 0 Å². The van der Waals surface area contributed by atoms with Crippen molar-refractivity contribution in [2.45, 2.75) is 50.6 Å². The van der Waals surface area contributed by atoms with Gasteiger partial charge < -0.3 is 11.1 Å². The molecule has 1 atom stereocenters. The van der Waals surface area contributed by atoms with E-state index in [0.29, 0.717) is 36.4 Å². The number of benzene rings is 1. The van der Waals surface area contributed by atoms with Crippen molar-refractivity contribution in [3.05, 3.63) is 45.8 Å². The maximum atomic E-state index is 13.2. The van der Waals surface area contributed by atoms with Crippen LogP contribution in [0.1, 0.15) is 46.1 Å². The Balaban J connectivity index is 1.59. The van der Waals surface area contributed by atoms with E-state index >= 15 is 0 Å². The van der Waals surface area contributed by atoms with Crippen LogP contribution < -0.4 is 11.1 Å². The molecule has 1 saturated heterocycles. The minimum Gasteiger partial charge on any atom is -0.365 e. The zero-order valence-corrected chi connectivity index (χ0v) is 19.9. The Kier molecular flexibility index (Phi) is 6.39. The van der Waals surface area contributed by atoms with Gasteiger partial charge in [-0.15, -0.1) is 11.3 Å². The number of hydrogen-bond acceptors (Lipinski definition) is 6. The molecule has 172 valence electrons. The van der Waals surface area contributed by atoms with Crippen LogP contribution in [-0.2, 0) is 27.8 Å². The fourth-order valence-corrected chi connectivity index (χ4v) is 7.36. The van der Waals surface area contributed by atoms with Crippen LogP contribution in [0.4, 0.5) is 5.00 Å². The van der Waals surface area contributed by atoms with Crippen molar-refractivity contribution in [2.75, 3.05) is 25.0 Å². The Hall–Kier alpha value is -2.27. The van der Waals surface area contributed by atoms with E-state index in [9.17, 15) is 18.0 Å². The van der Waals surface area contributed by atoms with Gasteiger partial charge in [0.2, 0.25) is 15.9 Å². The Morgan fingerprint density at radius 2 is 1.94 bits per heavy atom. The third-order valence-corrected chi connectivity index (χ3v) is 9.25. The topological polar surface area (TPSA) is 113 Å². The monoisotopic (exact) mass is 476 g/mol. The smallest absolute Gasteiger partial charge is 0.251 e. The number of nitrogens with one attached hydrogen (secondary N) is 1. The van der Waals surface area contributed by atoms with Gasteiger partial charge in [0.25, 0.3) is 5.91 Å². The van der Waals surface area contributed by atoms with E-state index in [1.165, 1.54) is 15.6 Å². The van der Waals surface area contributed by atoms with Gasteiger partial charge in [0, 0.05) is 24.5 Å². The summed E-state index contributed by atoms with van der Waals surface area (Å²) in [5.74, 6) is -0.995. The van der Waals surface area contributed by atoms with Gasteiger partial charge in [-0.2, -0.15) is 4.31 Å². The van der Waals surface area contributed by atoms with Crippen LogP contribution in [0.5, 0.6) is 0 Å². The van der Waals surface area contributed by atoms with Gasteiger partial charge >= 0.3 is 0 Å². The van der Waals surface area contributed by atoms with Crippen LogP contribution in [0.2, 0.25) is 0 Å². The fourth-order valence-electron chi connectivity index (χ4n) is 4.41. The fraction of sp³-hybridized carbons (Fsp3) is 0.455. The molecule has 2 aliphatic rings. The highest BCUT2D eigenvalue weighted by Crippen LogP contribution is 2.37. The molecule has 3 N–H and O–H groups in total. The lowest BCUT2D eigenvalue weighted by atomic mass is 10.0. The number of nitrogens with two attached hydrogens (primary N) is 1. The summed E-state index contributed by atoms with van der Waals surface area (Å²) in [7, 11) is -3.80. The predicted octanol–water partition coefficient (Wildman–Crippen LogP) is 2.33. The zero-order chi connectivity index (χ0) is 23.0. The third-order valence-electron chi connectivity index (χ3n) is 6.20. The second kappa shape index (κ2) is 8.93. The molecule has 1 aromatic carbocycles. The summed E-state index contributed by atoms with van der Waals surface area (Å²) in [6.07, 6.45) is 1.72. The molecule has 32 heavy (non-hydrogen) atoms. The molecule has 1 fully saturated rings. The number of anilines is 1. The van der Waals surface area contributed by atoms with Crippen LogP contribution in [0, 0.1) is 6.92 Å². The minimum atomic E-state index is -3.80. The Morgan fingerprint density at radius 1 is 1.22 bits per heavy atom. The summed E-state index contributed by atoms with van der Waals surface area (Å²) in [6.45, 7) is 6.70. The lowest BCUT2D eigenvalue weighted by Crippen LogP contribution is -2.43. The summed E-state index contributed by atoms with van der Waals surface area (Å²) in [6, 6.07) is 5.79. The molecule has 8 nitrogen and oxygen atoms in total. The number of nitrogens with zero attached hydrogens (tertiary/aromatic N) is 2. The van der Waals surface area contributed by atoms with Gasteiger partial charge in [0.05, 0.1) is 10.5 Å². The summed E-state index contributed by atoms with van der Waals surface area (Å²) in [4.78, 5) is 28.9. The summed E-state index contributed by atoms with van der Waals surface area (Å²) >= 11 is 1.36. The summed E-state index contributed by atoms with van der Waals surface area (Å²) < 4.78 is 27.6. The number of aryl methyl sites for hydroxylation is 1. The minimum absolute atomic E-state index is 0.173. The van der Waals surface area contributed by atoms with Crippen molar-refractivity contribution < 1.29 is 18.0 Å². The van der Waals surface area contributed by atoms with Crippen molar-refractivity contribution in [2.24, 2.45) is 5.73 Å². The van der Waals surface area contributed by atoms with Gasteiger partial charge in [-0.1, -0.05) is 24.6 Å². The third kappa shape index (κ3) is 4.19. The van der Waals surface area contributed by atoms with Gasteiger partial charge in [0.1, 0.15) is 11.0 Å². The molecule has 1 unspecified atom stereocenters. The first-order valence-electron chi connectivity index (χ1n) is 10.8.